The second-order valence-electron chi connectivity index (χ2n) is 3.54. The second kappa shape index (κ2) is 5.14. The van der Waals surface area contributed by atoms with Crippen molar-refractivity contribution in [2.75, 3.05) is 0 Å². The number of hydrogen-bond acceptors (Lipinski definition) is 4. The molecule has 1 aromatic heterocycles. The van der Waals surface area contributed by atoms with Gasteiger partial charge < -0.3 is 9.84 Å². The molecule has 0 aliphatic rings. The summed E-state index contributed by atoms with van der Waals surface area (Å²) in [7, 11) is 0. The van der Waals surface area contributed by atoms with Crippen molar-refractivity contribution in [3.05, 3.63) is 46.2 Å². The third-order valence-corrected chi connectivity index (χ3v) is 2.70. The molecule has 0 atom stereocenters. The minimum atomic E-state index is -1.12. The predicted molar refractivity (Wildman–Crippen MR) is 67.9 cm³/mol. The molecule has 18 heavy (non-hydrogen) atoms. The molecule has 0 saturated carbocycles. The van der Waals surface area contributed by atoms with Crippen molar-refractivity contribution in [2.24, 2.45) is 0 Å². The zero-order chi connectivity index (χ0) is 13.1. The Balaban J connectivity index is 2.31. The Labute approximate surface area is 112 Å². The minimum absolute atomic E-state index is 0.0103. The minimum Gasteiger partial charge on any atom is -0.477 e. The molecule has 0 saturated heterocycles. The van der Waals surface area contributed by atoms with E-state index < -0.39 is 5.97 Å². The number of aromatic carboxylic acids is 1. The molecule has 0 bridgehead atoms. The number of carboxylic acid groups (broad SMARTS) is 1. The van der Waals surface area contributed by atoms with E-state index in [0.29, 0.717) is 5.75 Å². The van der Waals surface area contributed by atoms with Gasteiger partial charge >= 0.3 is 12.0 Å². The van der Waals surface area contributed by atoms with Crippen LogP contribution in [0.15, 0.2) is 34.9 Å². The Kier molecular flexibility index (Phi) is 3.57. The standard InChI is InChI=1S/C12H9BrN2O3/c1-7-2-3-8(13)6-10(7)18-12-14-5-4-9(15-12)11(16)17/h2-6H,1H3,(H,16,17). The summed E-state index contributed by atoms with van der Waals surface area (Å²) in [6.07, 6.45) is 1.35. The summed E-state index contributed by atoms with van der Waals surface area (Å²) in [6, 6.07) is 6.85. The van der Waals surface area contributed by atoms with Gasteiger partial charge in [-0.2, -0.15) is 4.98 Å². The van der Waals surface area contributed by atoms with Crippen LogP contribution in [0.5, 0.6) is 11.8 Å². The second-order valence-corrected chi connectivity index (χ2v) is 4.46. The molecule has 0 fully saturated rings. The summed E-state index contributed by atoms with van der Waals surface area (Å²) < 4.78 is 6.32. The lowest BCUT2D eigenvalue weighted by Crippen LogP contribution is -2.02. The molecule has 1 aromatic carbocycles. The Morgan fingerprint density at radius 3 is 2.89 bits per heavy atom. The first-order valence-electron chi connectivity index (χ1n) is 5.06. The first kappa shape index (κ1) is 12.5. The summed E-state index contributed by atoms with van der Waals surface area (Å²) in [5.41, 5.74) is 0.801. The molecule has 0 amide bonds. The van der Waals surface area contributed by atoms with Crippen LogP contribution >= 0.6 is 15.9 Å². The smallest absolute Gasteiger partial charge is 0.354 e. The van der Waals surface area contributed by atoms with Crippen molar-refractivity contribution in [1.29, 1.82) is 0 Å². The van der Waals surface area contributed by atoms with Crippen molar-refractivity contribution in [1.82, 2.24) is 9.97 Å². The molecule has 6 heteroatoms. The van der Waals surface area contributed by atoms with Gasteiger partial charge in [-0.3, -0.25) is 0 Å². The molecule has 2 aromatic rings. The predicted octanol–water partition coefficient (Wildman–Crippen LogP) is 3.04. The molecule has 5 nitrogen and oxygen atoms in total. The fourth-order valence-electron chi connectivity index (χ4n) is 1.29. The van der Waals surface area contributed by atoms with Gasteiger partial charge in [-0.15, -0.1) is 0 Å². The number of aromatic nitrogens is 2. The SMILES string of the molecule is Cc1ccc(Br)cc1Oc1nccc(C(=O)O)n1. The normalized spacial score (nSPS) is 10.1. The lowest BCUT2D eigenvalue weighted by molar-refractivity contribution is 0.0689. The molecule has 1 N–H and O–H groups in total. The van der Waals surface area contributed by atoms with Crippen LogP contribution in [-0.4, -0.2) is 21.0 Å². The van der Waals surface area contributed by atoms with E-state index in [2.05, 4.69) is 25.9 Å². The third-order valence-electron chi connectivity index (χ3n) is 2.20. The number of nitrogens with zero attached hydrogens (tertiary/aromatic N) is 2. The fraction of sp³-hybridized carbons (Fsp3) is 0.0833. The number of carboxylic acids is 1. The van der Waals surface area contributed by atoms with Crippen LogP contribution in [0.2, 0.25) is 0 Å². The van der Waals surface area contributed by atoms with Crippen LogP contribution in [0.25, 0.3) is 0 Å². The van der Waals surface area contributed by atoms with E-state index in [1.807, 2.05) is 19.1 Å². The number of ether oxygens (including phenoxy) is 1. The number of aryl methyl sites for hydroxylation is 1. The average molecular weight is 309 g/mol. The van der Waals surface area contributed by atoms with Gasteiger partial charge in [0.1, 0.15) is 5.75 Å². The molecule has 0 aliphatic carbocycles. The largest absolute Gasteiger partial charge is 0.477 e. The Bertz CT molecular complexity index is 602. The first-order chi connectivity index (χ1) is 8.56. The Morgan fingerprint density at radius 2 is 2.17 bits per heavy atom. The summed E-state index contributed by atoms with van der Waals surface area (Å²) in [4.78, 5) is 18.4. The molecular formula is C12H9BrN2O3. The van der Waals surface area contributed by atoms with Gasteiger partial charge in [0, 0.05) is 10.7 Å². The van der Waals surface area contributed by atoms with E-state index in [0.717, 1.165) is 10.0 Å². The summed E-state index contributed by atoms with van der Waals surface area (Å²) in [5.74, 6) is -0.542. The summed E-state index contributed by atoms with van der Waals surface area (Å²) >= 11 is 3.33. The van der Waals surface area contributed by atoms with Gasteiger partial charge in [0.25, 0.3) is 0 Å². The molecule has 0 unspecified atom stereocenters. The molecule has 0 aliphatic heterocycles. The van der Waals surface area contributed by atoms with Gasteiger partial charge in [0.15, 0.2) is 5.69 Å². The maximum atomic E-state index is 10.8. The highest BCUT2D eigenvalue weighted by Crippen LogP contribution is 2.26. The first-order valence-corrected chi connectivity index (χ1v) is 5.86. The van der Waals surface area contributed by atoms with Gasteiger partial charge in [0.2, 0.25) is 0 Å². The molecule has 2 rings (SSSR count). The third kappa shape index (κ3) is 2.84. The van der Waals surface area contributed by atoms with Crippen LogP contribution in [0.3, 0.4) is 0 Å². The van der Waals surface area contributed by atoms with Crippen molar-refractivity contribution in [2.45, 2.75) is 6.92 Å². The van der Waals surface area contributed by atoms with E-state index in [-0.39, 0.29) is 11.7 Å². The maximum absolute atomic E-state index is 10.8. The van der Waals surface area contributed by atoms with Gasteiger partial charge in [-0.25, -0.2) is 9.78 Å². The number of halogens is 1. The van der Waals surface area contributed by atoms with E-state index in [9.17, 15) is 4.79 Å². The lowest BCUT2D eigenvalue weighted by atomic mass is 10.2. The van der Waals surface area contributed by atoms with Crippen LogP contribution in [0.1, 0.15) is 16.1 Å². The average Bonchev–Trinajstić information content (AvgIpc) is 2.34. The van der Waals surface area contributed by atoms with Gasteiger partial charge in [-0.1, -0.05) is 22.0 Å². The molecule has 1 heterocycles. The summed E-state index contributed by atoms with van der Waals surface area (Å²) in [5, 5.41) is 8.82. The quantitative estimate of drug-likeness (QED) is 0.943. The number of carbonyl (C=O) groups is 1. The van der Waals surface area contributed by atoms with E-state index >= 15 is 0 Å². The van der Waals surface area contributed by atoms with E-state index in [1.54, 1.807) is 6.07 Å². The molecule has 0 radical (unpaired) electrons. The lowest BCUT2D eigenvalue weighted by Gasteiger charge is -2.07. The Hall–Kier alpha value is -1.95. The van der Waals surface area contributed by atoms with Crippen molar-refractivity contribution in [3.63, 3.8) is 0 Å². The molecular weight excluding hydrogens is 300 g/mol. The zero-order valence-electron chi connectivity index (χ0n) is 9.42. The van der Waals surface area contributed by atoms with Gasteiger partial charge in [0.05, 0.1) is 0 Å². The van der Waals surface area contributed by atoms with Crippen molar-refractivity contribution in [3.8, 4) is 11.8 Å². The number of hydrogen-bond donors (Lipinski definition) is 1. The van der Waals surface area contributed by atoms with Crippen LogP contribution in [0.4, 0.5) is 0 Å². The highest BCUT2D eigenvalue weighted by atomic mass is 79.9. The fourth-order valence-corrected chi connectivity index (χ4v) is 1.63. The van der Waals surface area contributed by atoms with Crippen molar-refractivity contribution < 1.29 is 14.6 Å². The number of rotatable bonds is 3. The van der Waals surface area contributed by atoms with Crippen molar-refractivity contribution >= 4 is 21.9 Å². The van der Waals surface area contributed by atoms with Crippen LogP contribution in [-0.2, 0) is 0 Å². The number of benzene rings is 1. The Morgan fingerprint density at radius 1 is 1.39 bits per heavy atom. The van der Waals surface area contributed by atoms with E-state index in [1.165, 1.54) is 12.3 Å². The highest BCUT2D eigenvalue weighted by Gasteiger charge is 2.09. The zero-order valence-corrected chi connectivity index (χ0v) is 11.0. The maximum Gasteiger partial charge on any atom is 0.354 e. The van der Waals surface area contributed by atoms with Crippen LogP contribution in [0, 0.1) is 6.92 Å². The van der Waals surface area contributed by atoms with Gasteiger partial charge in [-0.05, 0) is 30.7 Å². The molecule has 92 valence electrons. The molecule has 0 spiro atoms. The van der Waals surface area contributed by atoms with Crippen LogP contribution < -0.4 is 4.74 Å². The summed E-state index contributed by atoms with van der Waals surface area (Å²) in [6.45, 7) is 1.88. The monoisotopic (exact) mass is 308 g/mol. The topological polar surface area (TPSA) is 72.3 Å². The highest BCUT2D eigenvalue weighted by molar-refractivity contribution is 9.10. The van der Waals surface area contributed by atoms with E-state index in [4.69, 9.17) is 9.84 Å².